The molecule has 29 heavy (non-hydrogen) atoms. The highest BCUT2D eigenvalue weighted by molar-refractivity contribution is 6.33. The molecule has 0 saturated heterocycles. The average molecular weight is 416 g/mol. The number of benzene rings is 1. The normalized spacial score (nSPS) is 12.8. The fourth-order valence-corrected chi connectivity index (χ4v) is 2.71. The molecule has 1 amide bonds. The van der Waals surface area contributed by atoms with Crippen molar-refractivity contribution in [3.63, 3.8) is 0 Å². The second kappa shape index (κ2) is 13.5. The van der Waals surface area contributed by atoms with Crippen LogP contribution in [0.1, 0.15) is 39.5 Å². The highest BCUT2D eigenvalue weighted by Crippen LogP contribution is 2.23. The third-order valence-corrected chi connectivity index (χ3v) is 4.42. The standard InChI is InChI=1S/C24H30ClNO3/c1-5-8-9-12-16-29-18(4)17-20(23(27)19(7-3)13-6-2)24(28)26-22-15-11-10-14-21(22)25/h6-7,10-11,13-15,17,27H,2-3,5,8-9,12,16H2,1,4H3,(H,26,28)/b18-17+,19-13+,23-20-. The zero-order chi connectivity index (χ0) is 21.6. The molecule has 0 bridgehead atoms. The van der Waals surface area contributed by atoms with E-state index in [-0.39, 0.29) is 11.3 Å². The smallest absolute Gasteiger partial charge is 0.259 e. The SMILES string of the molecule is C=C/C=C(C=C)/C(O)=C(\C=C(/C)OCCCCCC)C(=O)Nc1ccccc1Cl. The lowest BCUT2D eigenvalue weighted by atomic mass is 10.1. The predicted molar refractivity (Wildman–Crippen MR) is 122 cm³/mol. The molecule has 156 valence electrons. The minimum Gasteiger partial charge on any atom is -0.506 e. The molecule has 0 aliphatic carbocycles. The van der Waals surface area contributed by atoms with Crippen molar-refractivity contribution in [2.24, 2.45) is 0 Å². The van der Waals surface area contributed by atoms with Gasteiger partial charge in [0.1, 0.15) is 5.76 Å². The summed E-state index contributed by atoms with van der Waals surface area (Å²) in [5, 5.41) is 13.8. The van der Waals surface area contributed by atoms with Crippen LogP contribution >= 0.6 is 11.6 Å². The van der Waals surface area contributed by atoms with E-state index in [1.54, 1.807) is 37.3 Å². The second-order valence-corrected chi connectivity index (χ2v) is 6.83. The van der Waals surface area contributed by atoms with E-state index in [0.29, 0.717) is 28.6 Å². The van der Waals surface area contributed by atoms with E-state index in [4.69, 9.17) is 16.3 Å². The number of ether oxygens (including phenoxy) is 1. The second-order valence-electron chi connectivity index (χ2n) is 6.42. The summed E-state index contributed by atoms with van der Waals surface area (Å²) < 4.78 is 5.71. The first-order valence-corrected chi connectivity index (χ1v) is 10.1. The number of aliphatic hydroxyl groups is 1. The molecule has 4 nitrogen and oxygen atoms in total. The first kappa shape index (κ1) is 24.3. The number of allylic oxidation sites excluding steroid dienone is 4. The molecule has 0 radical (unpaired) electrons. The maximum Gasteiger partial charge on any atom is 0.259 e. The van der Waals surface area contributed by atoms with Gasteiger partial charge in [-0.25, -0.2) is 0 Å². The lowest BCUT2D eigenvalue weighted by molar-refractivity contribution is -0.112. The molecule has 5 heteroatoms. The Bertz CT molecular complexity index is 806. The van der Waals surface area contributed by atoms with Gasteiger partial charge in [0.2, 0.25) is 0 Å². The Balaban J connectivity index is 3.15. The van der Waals surface area contributed by atoms with E-state index < -0.39 is 5.91 Å². The van der Waals surface area contributed by atoms with Gasteiger partial charge in [-0.2, -0.15) is 0 Å². The maximum atomic E-state index is 12.9. The zero-order valence-corrected chi connectivity index (χ0v) is 18.0. The van der Waals surface area contributed by atoms with Crippen molar-refractivity contribution in [1.29, 1.82) is 0 Å². The summed E-state index contributed by atoms with van der Waals surface area (Å²) in [6, 6.07) is 6.89. The highest BCUT2D eigenvalue weighted by Gasteiger charge is 2.17. The van der Waals surface area contributed by atoms with E-state index in [9.17, 15) is 9.90 Å². The van der Waals surface area contributed by atoms with E-state index in [1.807, 2.05) is 0 Å². The Labute approximate surface area is 178 Å². The molecule has 1 aromatic rings. The van der Waals surface area contributed by atoms with Crippen molar-refractivity contribution in [2.45, 2.75) is 39.5 Å². The number of hydrogen-bond acceptors (Lipinski definition) is 3. The number of amides is 1. The van der Waals surface area contributed by atoms with Crippen molar-refractivity contribution in [3.8, 4) is 0 Å². The third-order valence-electron chi connectivity index (χ3n) is 4.09. The number of hydrogen-bond donors (Lipinski definition) is 2. The number of unbranched alkanes of at least 4 members (excludes halogenated alkanes) is 3. The van der Waals surface area contributed by atoms with E-state index in [0.717, 1.165) is 25.7 Å². The van der Waals surface area contributed by atoms with Gasteiger partial charge < -0.3 is 15.2 Å². The lowest BCUT2D eigenvalue weighted by Gasteiger charge is -2.12. The summed E-state index contributed by atoms with van der Waals surface area (Å²) in [6.07, 6.45) is 10.4. The molecule has 0 saturated carbocycles. The minimum absolute atomic E-state index is 0.0453. The summed E-state index contributed by atoms with van der Waals surface area (Å²) in [5.74, 6) is -0.209. The molecule has 0 spiro atoms. The van der Waals surface area contributed by atoms with Gasteiger partial charge in [-0.15, -0.1) is 0 Å². The summed E-state index contributed by atoms with van der Waals surface area (Å²) >= 11 is 6.13. The monoisotopic (exact) mass is 415 g/mol. The van der Waals surface area contributed by atoms with Crippen molar-refractivity contribution in [1.82, 2.24) is 0 Å². The zero-order valence-electron chi connectivity index (χ0n) is 17.2. The fraction of sp³-hybridized carbons (Fsp3) is 0.292. The van der Waals surface area contributed by atoms with Crippen LogP contribution in [0, 0.1) is 0 Å². The predicted octanol–water partition coefficient (Wildman–Crippen LogP) is 6.89. The summed E-state index contributed by atoms with van der Waals surface area (Å²) in [7, 11) is 0. The van der Waals surface area contributed by atoms with Crippen LogP contribution in [-0.2, 0) is 9.53 Å². The van der Waals surface area contributed by atoms with Gasteiger partial charge in [0.25, 0.3) is 5.91 Å². The molecule has 0 heterocycles. The van der Waals surface area contributed by atoms with Crippen LogP contribution < -0.4 is 5.32 Å². The Morgan fingerprint density at radius 2 is 1.97 bits per heavy atom. The van der Waals surface area contributed by atoms with E-state index in [2.05, 4.69) is 25.4 Å². The van der Waals surface area contributed by atoms with Gasteiger partial charge in [-0.1, -0.05) is 81.3 Å². The Morgan fingerprint density at radius 1 is 1.24 bits per heavy atom. The molecule has 1 aromatic carbocycles. The maximum absolute atomic E-state index is 12.9. The van der Waals surface area contributed by atoms with Gasteiger partial charge in [-0.05, 0) is 31.6 Å². The minimum atomic E-state index is -0.513. The molecule has 2 N–H and O–H groups in total. The largest absolute Gasteiger partial charge is 0.506 e. The number of rotatable bonds is 12. The number of nitrogens with one attached hydrogen (secondary N) is 1. The van der Waals surface area contributed by atoms with Crippen LogP contribution in [0.25, 0.3) is 0 Å². The van der Waals surface area contributed by atoms with Crippen molar-refractivity contribution in [2.75, 3.05) is 11.9 Å². The van der Waals surface area contributed by atoms with Gasteiger partial charge in [0.05, 0.1) is 28.6 Å². The molecule has 0 fully saturated rings. The van der Waals surface area contributed by atoms with Crippen LogP contribution in [0.15, 0.2) is 84.4 Å². The molecular weight excluding hydrogens is 386 g/mol. The van der Waals surface area contributed by atoms with Crippen LogP contribution in [0.3, 0.4) is 0 Å². The Morgan fingerprint density at radius 3 is 2.59 bits per heavy atom. The molecule has 0 unspecified atom stereocenters. The average Bonchev–Trinajstić information content (AvgIpc) is 2.71. The summed E-state index contributed by atoms with van der Waals surface area (Å²) in [4.78, 5) is 12.9. The summed E-state index contributed by atoms with van der Waals surface area (Å²) in [5.41, 5.74) is 0.865. The van der Waals surface area contributed by atoms with E-state index >= 15 is 0 Å². The molecule has 0 aromatic heterocycles. The van der Waals surface area contributed by atoms with Crippen molar-refractivity contribution < 1.29 is 14.6 Å². The van der Waals surface area contributed by atoms with Crippen LogP contribution in [-0.4, -0.2) is 17.6 Å². The molecule has 1 rings (SSSR count). The first-order chi connectivity index (χ1) is 13.9. The Hall–Kier alpha value is -2.72. The van der Waals surface area contributed by atoms with Gasteiger partial charge in [-0.3, -0.25) is 4.79 Å². The molecule has 0 aliphatic heterocycles. The molecule has 0 aliphatic rings. The lowest BCUT2D eigenvalue weighted by Crippen LogP contribution is -2.16. The summed E-state index contributed by atoms with van der Waals surface area (Å²) in [6.45, 7) is 11.8. The van der Waals surface area contributed by atoms with Gasteiger partial charge in [0, 0.05) is 5.57 Å². The number of carbonyl (C=O) groups is 1. The third kappa shape index (κ3) is 8.44. The van der Waals surface area contributed by atoms with E-state index in [1.165, 1.54) is 18.2 Å². The van der Waals surface area contributed by atoms with Crippen LogP contribution in [0.4, 0.5) is 5.69 Å². The quantitative estimate of drug-likeness (QED) is 0.169. The number of halogens is 1. The van der Waals surface area contributed by atoms with Crippen LogP contribution in [0.5, 0.6) is 0 Å². The van der Waals surface area contributed by atoms with Gasteiger partial charge >= 0.3 is 0 Å². The number of aliphatic hydroxyl groups excluding tert-OH is 1. The fourth-order valence-electron chi connectivity index (χ4n) is 2.53. The topological polar surface area (TPSA) is 58.6 Å². The number of anilines is 1. The highest BCUT2D eigenvalue weighted by atomic mass is 35.5. The molecular formula is C24H30ClNO3. The number of carbonyl (C=O) groups excluding carboxylic acids is 1. The van der Waals surface area contributed by atoms with Gasteiger partial charge in [0.15, 0.2) is 0 Å². The van der Waals surface area contributed by atoms with Crippen molar-refractivity contribution in [3.05, 3.63) is 89.4 Å². The van der Waals surface area contributed by atoms with Crippen molar-refractivity contribution >= 4 is 23.2 Å². The van der Waals surface area contributed by atoms with Crippen LogP contribution in [0.2, 0.25) is 5.02 Å². The first-order valence-electron chi connectivity index (χ1n) is 9.70. The Kier molecular flexibility index (Phi) is 11.3. The molecule has 0 atom stereocenters. The number of para-hydroxylation sites is 1.